The molecule has 0 radical (unpaired) electrons. The number of benzene rings is 3. The predicted molar refractivity (Wildman–Crippen MR) is 111 cm³/mol. The van der Waals surface area contributed by atoms with E-state index in [0.717, 1.165) is 17.0 Å². The van der Waals surface area contributed by atoms with Crippen LogP contribution in [0.5, 0.6) is 5.75 Å². The van der Waals surface area contributed by atoms with Crippen LogP contribution in [0.4, 0.5) is 5.69 Å². The van der Waals surface area contributed by atoms with Crippen molar-refractivity contribution in [1.29, 1.82) is 0 Å². The van der Waals surface area contributed by atoms with Gasteiger partial charge in [0.15, 0.2) is 0 Å². The maximum Gasteiger partial charge on any atom is 0.144 e. The zero-order chi connectivity index (χ0) is 18.6. The minimum absolute atomic E-state index is 0.0773. The third-order valence-electron chi connectivity index (χ3n) is 4.42. The topological polar surface area (TPSA) is 21.6 Å². The van der Waals surface area contributed by atoms with Crippen LogP contribution in [0.1, 0.15) is 31.9 Å². The van der Waals surface area contributed by atoms with Crippen molar-refractivity contribution < 1.29 is 4.74 Å². The highest BCUT2D eigenvalue weighted by Gasteiger charge is 2.15. The van der Waals surface area contributed by atoms with E-state index in [2.05, 4.69) is 86.4 Å². The lowest BCUT2D eigenvalue weighted by Gasteiger charge is -2.20. The van der Waals surface area contributed by atoms with Crippen molar-refractivity contribution in [1.82, 2.24) is 0 Å². The first-order chi connectivity index (χ1) is 12.5. The van der Waals surface area contributed by atoms with E-state index in [0.29, 0.717) is 0 Å². The monoisotopic (exact) mass is 343 g/mol. The van der Waals surface area contributed by atoms with Gasteiger partial charge in [-0.2, -0.15) is 0 Å². The molecule has 0 spiro atoms. The first kappa shape index (κ1) is 17.9. The van der Waals surface area contributed by atoms with E-state index in [4.69, 9.17) is 4.74 Å². The van der Waals surface area contributed by atoms with Gasteiger partial charge in [-0.25, -0.2) is 0 Å². The number of hydrogen-bond acceptors (Lipinski definition) is 2. The molecule has 0 amide bonds. The number of rotatable bonds is 4. The lowest BCUT2D eigenvalue weighted by atomic mass is 9.87. The molecule has 0 saturated carbocycles. The van der Waals surface area contributed by atoms with Gasteiger partial charge in [0.2, 0.25) is 0 Å². The third-order valence-corrected chi connectivity index (χ3v) is 4.42. The fourth-order valence-electron chi connectivity index (χ4n) is 2.79. The van der Waals surface area contributed by atoms with Crippen molar-refractivity contribution >= 4 is 11.9 Å². The Bertz CT molecular complexity index is 888. The largest absolute Gasteiger partial charge is 0.494 e. The molecule has 0 atom stereocenters. The van der Waals surface area contributed by atoms with Crippen molar-refractivity contribution in [2.24, 2.45) is 4.99 Å². The van der Waals surface area contributed by atoms with Crippen LogP contribution in [-0.4, -0.2) is 13.3 Å². The molecule has 0 saturated heterocycles. The molecule has 2 heteroatoms. The Morgan fingerprint density at radius 3 is 2.08 bits per heavy atom. The molecule has 0 bridgehead atoms. The molecule has 0 N–H and O–H groups in total. The summed E-state index contributed by atoms with van der Waals surface area (Å²) in [6, 6.07) is 25.0. The minimum atomic E-state index is 0.0773. The smallest absolute Gasteiger partial charge is 0.144 e. The predicted octanol–water partition coefficient (Wildman–Crippen LogP) is 6.41. The quantitative estimate of drug-likeness (QED) is 0.502. The SMILES string of the molecule is COc1ccc(C(C)(C)C)cc1N=Cc1ccc(-c2ccccc2)cc1. The highest BCUT2D eigenvalue weighted by Crippen LogP contribution is 2.33. The first-order valence-corrected chi connectivity index (χ1v) is 8.85. The Balaban J connectivity index is 1.85. The lowest BCUT2D eigenvalue weighted by Crippen LogP contribution is -2.10. The molecule has 0 unspecified atom stereocenters. The van der Waals surface area contributed by atoms with Gasteiger partial charge in [0.1, 0.15) is 11.4 Å². The summed E-state index contributed by atoms with van der Waals surface area (Å²) in [5, 5.41) is 0. The van der Waals surface area contributed by atoms with Crippen LogP contribution in [0.2, 0.25) is 0 Å². The molecule has 26 heavy (non-hydrogen) atoms. The van der Waals surface area contributed by atoms with E-state index in [1.807, 2.05) is 18.3 Å². The Labute approximate surface area is 156 Å². The van der Waals surface area contributed by atoms with Crippen molar-refractivity contribution in [3.63, 3.8) is 0 Å². The molecule has 2 nitrogen and oxygen atoms in total. The fraction of sp³-hybridized carbons (Fsp3) is 0.208. The second kappa shape index (κ2) is 7.57. The summed E-state index contributed by atoms with van der Waals surface area (Å²) in [6.45, 7) is 6.60. The highest BCUT2D eigenvalue weighted by molar-refractivity contribution is 5.84. The second-order valence-electron chi connectivity index (χ2n) is 7.38. The van der Waals surface area contributed by atoms with Gasteiger partial charge >= 0.3 is 0 Å². The third kappa shape index (κ3) is 4.20. The summed E-state index contributed by atoms with van der Waals surface area (Å²) in [6.07, 6.45) is 1.89. The number of nitrogens with zero attached hydrogens (tertiary/aromatic N) is 1. The average molecular weight is 343 g/mol. The van der Waals surface area contributed by atoms with Gasteiger partial charge in [-0.05, 0) is 39.8 Å². The second-order valence-corrected chi connectivity index (χ2v) is 7.38. The van der Waals surface area contributed by atoms with Crippen LogP contribution in [0, 0.1) is 0 Å². The van der Waals surface area contributed by atoms with Crippen LogP contribution in [-0.2, 0) is 5.41 Å². The number of ether oxygens (including phenoxy) is 1. The molecule has 0 fully saturated rings. The Morgan fingerprint density at radius 2 is 1.46 bits per heavy atom. The normalized spacial score (nSPS) is 11.7. The van der Waals surface area contributed by atoms with E-state index >= 15 is 0 Å². The molecular weight excluding hydrogens is 318 g/mol. The van der Waals surface area contributed by atoms with Gasteiger partial charge in [-0.15, -0.1) is 0 Å². The summed E-state index contributed by atoms with van der Waals surface area (Å²) in [7, 11) is 1.68. The van der Waals surface area contributed by atoms with E-state index in [-0.39, 0.29) is 5.41 Å². The number of aliphatic imine (C=N–C) groups is 1. The minimum Gasteiger partial charge on any atom is -0.494 e. The fourth-order valence-corrected chi connectivity index (χ4v) is 2.79. The molecule has 3 aromatic rings. The van der Waals surface area contributed by atoms with Crippen molar-refractivity contribution in [3.8, 4) is 16.9 Å². The molecule has 0 aliphatic rings. The lowest BCUT2D eigenvalue weighted by molar-refractivity contribution is 0.415. The molecule has 0 aliphatic carbocycles. The molecule has 132 valence electrons. The van der Waals surface area contributed by atoms with Crippen LogP contribution < -0.4 is 4.74 Å². The Morgan fingerprint density at radius 1 is 0.808 bits per heavy atom. The summed E-state index contributed by atoms with van der Waals surface area (Å²) >= 11 is 0. The van der Waals surface area contributed by atoms with Gasteiger partial charge in [0, 0.05) is 6.21 Å². The molecule has 3 aromatic carbocycles. The highest BCUT2D eigenvalue weighted by atomic mass is 16.5. The summed E-state index contributed by atoms with van der Waals surface area (Å²) in [4.78, 5) is 4.67. The molecule has 0 aliphatic heterocycles. The molecule has 3 rings (SSSR count). The average Bonchev–Trinajstić information content (AvgIpc) is 2.66. The molecular formula is C24H25NO. The van der Waals surface area contributed by atoms with Crippen molar-refractivity contribution in [3.05, 3.63) is 83.9 Å². The van der Waals surface area contributed by atoms with Gasteiger partial charge in [0.25, 0.3) is 0 Å². The first-order valence-electron chi connectivity index (χ1n) is 8.85. The van der Waals surface area contributed by atoms with Crippen LogP contribution >= 0.6 is 0 Å². The van der Waals surface area contributed by atoms with E-state index < -0.39 is 0 Å². The molecule has 0 heterocycles. The number of methoxy groups -OCH3 is 1. The van der Waals surface area contributed by atoms with Gasteiger partial charge < -0.3 is 4.74 Å². The maximum absolute atomic E-state index is 5.46. The Kier molecular flexibility index (Phi) is 5.22. The molecule has 0 aromatic heterocycles. The van der Waals surface area contributed by atoms with Crippen molar-refractivity contribution in [2.75, 3.05) is 7.11 Å². The van der Waals surface area contributed by atoms with Crippen molar-refractivity contribution in [2.45, 2.75) is 26.2 Å². The zero-order valence-corrected chi connectivity index (χ0v) is 15.9. The Hall–Kier alpha value is -2.87. The van der Waals surface area contributed by atoms with E-state index in [1.165, 1.54) is 16.7 Å². The standard InChI is InChI=1S/C24H25NO/c1-24(2,3)21-14-15-23(26-4)22(16-21)25-17-18-10-12-20(13-11-18)19-8-6-5-7-9-19/h5-17H,1-4H3. The van der Waals surface area contributed by atoms with E-state index in [9.17, 15) is 0 Å². The maximum atomic E-state index is 5.46. The summed E-state index contributed by atoms with van der Waals surface area (Å²) in [5.41, 5.74) is 5.66. The van der Waals surface area contributed by atoms with Gasteiger partial charge in [-0.1, -0.05) is 81.4 Å². The summed E-state index contributed by atoms with van der Waals surface area (Å²) < 4.78 is 5.46. The van der Waals surface area contributed by atoms with Crippen LogP contribution in [0.25, 0.3) is 11.1 Å². The van der Waals surface area contributed by atoms with Crippen LogP contribution in [0.15, 0.2) is 77.8 Å². The summed E-state index contributed by atoms with van der Waals surface area (Å²) in [5.74, 6) is 0.787. The number of hydrogen-bond donors (Lipinski definition) is 0. The van der Waals surface area contributed by atoms with E-state index in [1.54, 1.807) is 7.11 Å². The van der Waals surface area contributed by atoms with Gasteiger partial charge in [-0.3, -0.25) is 4.99 Å². The van der Waals surface area contributed by atoms with Gasteiger partial charge in [0.05, 0.1) is 7.11 Å². The zero-order valence-electron chi connectivity index (χ0n) is 15.9. The van der Waals surface area contributed by atoms with Crippen LogP contribution in [0.3, 0.4) is 0 Å².